The summed E-state index contributed by atoms with van der Waals surface area (Å²) in [6.45, 7) is 0.546. The molecule has 2 unspecified atom stereocenters. The molecule has 30 heavy (non-hydrogen) atoms. The average molecular weight is 418 g/mol. The van der Waals surface area contributed by atoms with E-state index in [0.717, 1.165) is 48.5 Å². The van der Waals surface area contributed by atoms with Crippen LogP contribution < -0.4 is 4.74 Å². The Morgan fingerprint density at radius 3 is 2.67 bits per heavy atom. The molecule has 2 atom stereocenters. The molecule has 0 radical (unpaired) electrons. The summed E-state index contributed by atoms with van der Waals surface area (Å²) in [5.74, 6) is 0.209. The Labute approximate surface area is 170 Å². The fourth-order valence-electron chi connectivity index (χ4n) is 4.28. The molecule has 0 bridgehead atoms. The maximum absolute atomic E-state index is 13.4. The number of fused-ring (bicyclic) bond motifs is 1. The van der Waals surface area contributed by atoms with E-state index in [9.17, 15) is 13.2 Å². The molecule has 2 aliphatic rings. The Morgan fingerprint density at radius 2 is 1.90 bits per heavy atom. The van der Waals surface area contributed by atoms with E-state index >= 15 is 0 Å². The highest BCUT2D eigenvalue weighted by Gasteiger charge is 2.38. The van der Waals surface area contributed by atoms with Gasteiger partial charge in [-0.05, 0) is 25.3 Å². The van der Waals surface area contributed by atoms with E-state index in [4.69, 9.17) is 9.47 Å². The molecule has 2 fully saturated rings. The summed E-state index contributed by atoms with van der Waals surface area (Å²) in [5, 5.41) is 8.63. The second kappa shape index (κ2) is 7.54. The van der Waals surface area contributed by atoms with Gasteiger partial charge in [-0.15, -0.1) is 0 Å². The molecule has 1 saturated heterocycles. The van der Waals surface area contributed by atoms with E-state index in [1.54, 1.807) is 0 Å². The van der Waals surface area contributed by atoms with E-state index in [0.29, 0.717) is 5.82 Å². The summed E-state index contributed by atoms with van der Waals surface area (Å²) < 4.78 is 50.7. The summed E-state index contributed by atoms with van der Waals surface area (Å²) in [6.07, 6.45) is -0.589. The zero-order valence-corrected chi connectivity index (χ0v) is 16.2. The van der Waals surface area contributed by atoms with Crippen LogP contribution in [-0.4, -0.2) is 39.5 Å². The fourth-order valence-corrected chi connectivity index (χ4v) is 4.28. The lowest BCUT2D eigenvalue weighted by molar-refractivity contribution is -0.142. The second-order valence-electron chi connectivity index (χ2n) is 7.94. The summed E-state index contributed by atoms with van der Waals surface area (Å²) in [7, 11) is 0. The van der Waals surface area contributed by atoms with Crippen LogP contribution in [0.2, 0.25) is 0 Å². The summed E-state index contributed by atoms with van der Waals surface area (Å²) in [5.41, 5.74) is 1.05. The van der Waals surface area contributed by atoms with E-state index in [1.165, 1.54) is 0 Å². The van der Waals surface area contributed by atoms with E-state index in [-0.39, 0.29) is 25.0 Å². The molecule has 1 aromatic carbocycles. The average Bonchev–Trinajstić information content (AvgIpc) is 3.14. The van der Waals surface area contributed by atoms with Gasteiger partial charge >= 0.3 is 6.18 Å². The third-order valence-corrected chi connectivity index (χ3v) is 5.90. The van der Waals surface area contributed by atoms with Crippen LogP contribution in [0.15, 0.2) is 30.5 Å². The van der Waals surface area contributed by atoms with Crippen LogP contribution in [0.5, 0.6) is 5.88 Å². The molecule has 9 heteroatoms. The number of nitrogens with zero attached hydrogens (tertiary/aromatic N) is 3. The molecule has 1 saturated carbocycles. The maximum atomic E-state index is 13.4. The number of hydrogen-bond donors (Lipinski definition) is 1. The predicted molar refractivity (Wildman–Crippen MR) is 102 cm³/mol. The lowest BCUT2D eigenvalue weighted by Crippen LogP contribution is -2.39. The van der Waals surface area contributed by atoms with Gasteiger partial charge in [-0.25, -0.2) is 4.98 Å². The van der Waals surface area contributed by atoms with Crippen molar-refractivity contribution in [2.75, 3.05) is 13.2 Å². The van der Waals surface area contributed by atoms with Gasteiger partial charge in [0.25, 0.3) is 0 Å². The summed E-state index contributed by atoms with van der Waals surface area (Å²) in [4.78, 5) is 8.32. The highest BCUT2D eigenvalue weighted by Crippen LogP contribution is 2.43. The molecule has 6 nitrogen and oxygen atoms in total. The van der Waals surface area contributed by atoms with Crippen LogP contribution in [0.25, 0.3) is 10.9 Å². The standard InChI is InChI=1S/C21H21F3N4O2/c22-21(23,24)16-9-25-19(26-20(16)30-14-10-29-11-14)13-5-3-4-12(8-13)18-15-6-1-2-7-17(15)27-28-18/h1-2,6-7,9,12-14H,3-5,8,10-11H2,(H,27,28). The number of nitrogens with one attached hydrogen (secondary N) is 1. The highest BCUT2D eigenvalue weighted by atomic mass is 19.4. The van der Waals surface area contributed by atoms with Crippen molar-refractivity contribution in [3.05, 3.63) is 47.5 Å². The summed E-state index contributed by atoms with van der Waals surface area (Å²) in [6, 6.07) is 7.93. The monoisotopic (exact) mass is 418 g/mol. The van der Waals surface area contributed by atoms with Gasteiger partial charge in [0.2, 0.25) is 5.88 Å². The van der Waals surface area contributed by atoms with Crippen molar-refractivity contribution in [1.82, 2.24) is 20.2 Å². The minimum absolute atomic E-state index is 0.0342. The predicted octanol–water partition coefficient (Wildman–Crippen LogP) is 4.59. The van der Waals surface area contributed by atoms with Crippen LogP contribution in [0, 0.1) is 0 Å². The van der Waals surface area contributed by atoms with Crippen LogP contribution in [0.4, 0.5) is 13.2 Å². The smallest absolute Gasteiger partial charge is 0.423 e. The first-order chi connectivity index (χ1) is 14.5. The van der Waals surface area contributed by atoms with Gasteiger partial charge in [0, 0.05) is 29.1 Å². The topological polar surface area (TPSA) is 72.9 Å². The zero-order valence-electron chi connectivity index (χ0n) is 16.2. The van der Waals surface area contributed by atoms with Gasteiger partial charge < -0.3 is 9.47 Å². The molecular formula is C21H21F3N4O2. The van der Waals surface area contributed by atoms with Crippen molar-refractivity contribution in [2.24, 2.45) is 0 Å². The minimum Gasteiger partial charge on any atom is -0.469 e. The van der Waals surface area contributed by atoms with Gasteiger partial charge in [0.05, 0.1) is 18.7 Å². The molecule has 2 aromatic heterocycles. The first-order valence-electron chi connectivity index (χ1n) is 10.1. The summed E-state index contributed by atoms with van der Waals surface area (Å²) >= 11 is 0. The fraction of sp³-hybridized carbons (Fsp3) is 0.476. The number of halogens is 3. The normalized spacial score (nSPS) is 22.8. The Morgan fingerprint density at radius 1 is 1.10 bits per heavy atom. The Hall–Kier alpha value is -2.68. The van der Waals surface area contributed by atoms with Gasteiger partial charge in [-0.3, -0.25) is 5.10 Å². The lowest BCUT2D eigenvalue weighted by Gasteiger charge is -2.29. The van der Waals surface area contributed by atoms with E-state index in [1.807, 2.05) is 24.3 Å². The van der Waals surface area contributed by atoms with Gasteiger partial charge in [-0.1, -0.05) is 24.6 Å². The molecular weight excluding hydrogens is 397 g/mol. The molecule has 1 N–H and O–H groups in total. The third kappa shape index (κ3) is 3.62. The minimum atomic E-state index is -4.57. The van der Waals surface area contributed by atoms with Gasteiger partial charge in [-0.2, -0.15) is 23.3 Å². The number of aromatic amines is 1. The third-order valence-electron chi connectivity index (χ3n) is 5.90. The second-order valence-corrected chi connectivity index (χ2v) is 7.94. The highest BCUT2D eigenvalue weighted by molar-refractivity contribution is 5.81. The number of aromatic nitrogens is 4. The van der Waals surface area contributed by atoms with Crippen molar-refractivity contribution in [3.8, 4) is 5.88 Å². The number of alkyl halides is 3. The molecule has 3 heterocycles. The zero-order chi connectivity index (χ0) is 20.7. The number of ether oxygens (including phenoxy) is 2. The number of H-pyrrole nitrogens is 1. The Balaban J connectivity index is 1.42. The van der Waals surface area contributed by atoms with Crippen LogP contribution in [0.3, 0.4) is 0 Å². The molecule has 1 aliphatic carbocycles. The van der Waals surface area contributed by atoms with Crippen LogP contribution in [-0.2, 0) is 10.9 Å². The van der Waals surface area contributed by atoms with Crippen LogP contribution in [0.1, 0.15) is 54.6 Å². The van der Waals surface area contributed by atoms with Crippen molar-refractivity contribution >= 4 is 10.9 Å². The first kappa shape index (κ1) is 19.3. The molecule has 3 aromatic rings. The Kier molecular flexibility index (Phi) is 4.85. The molecule has 1 aliphatic heterocycles. The number of benzene rings is 1. The largest absolute Gasteiger partial charge is 0.469 e. The van der Waals surface area contributed by atoms with Crippen molar-refractivity contribution in [2.45, 2.75) is 49.8 Å². The van der Waals surface area contributed by atoms with Gasteiger partial charge in [0.1, 0.15) is 17.5 Å². The Bertz CT molecular complexity index is 1050. The van der Waals surface area contributed by atoms with Crippen molar-refractivity contribution in [3.63, 3.8) is 0 Å². The van der Waals surface area contributed by atoms with Crippen molar-refractivity contribution in [1.29, 1.82) is 0 Å². The first-order valence-corrected chi connectivity index (χ1v) is 10.1. The molecule has 5 rings (SSSR count). The SMILES string of the molecule is FC(F)(F)c1cnc(C2CCCC(c3[nH]nc4ccccc34)C2)nc1OC1COC1. The quantitative estimate of drug-likeness (QED) is 0.671. The molecule has 0 spiro atoms. The van der Waals surface area contributed by atoms with Crippen molar-refractivity contribution < 1.29 is 22.6 Å². The van der Waals surface area contributed by atoms with Gasteiger partial charge in [0.15, 0.2) is 0 Å². The van der Waals surface area contributed by atoms with Crippen LogP contribution >= 0.6 is 0 Å². The molecule has 0 amide bonds. The molecule has 158 valence electrons. The van der Waals surface area contributed by atoms with E-state index < -0.39 is 23.7 Å². The number of rotatable bonds is 4. The maximum Gasteiger partial charge on any atom is 0.423 e. The van der Waals surface area contributed by atoms with E-state index in [2.05, 4.69) is 20.2 Å². The number of hydrogen-bond acceptors (Lipinski definition) is 5. The lowest BCUT2D eigenvalue weighted by atomic mass is 9.79. The number of para-hydroxylation sites is 1.